The molecule has 12 nitrogen and oxygen atoms in total. The average Bonchev–Trinajstić information content (AvgIpc) is 3.57. The predicted molar refractivity (Wildman–Crippen MR) is 203 cm³/mol. The van der Waals surface area contributed by atoms with Crippen LogP contribution in [0.1, 0.15) is 46.1 Å². The summed E-state index contributed by atoms with van der Waals surface area (Å²) in [5.74, 6) is 0.604. The Hall–Kier alpha value is -3.71. The Bertz CT molecular complexity index is 1630. The molecule has 50 heavy (non-hydrogen) atoms. The molecular weight excluding hydrogens is 679 g/mol. The highest BCUT2D eigenvalue weighted by atomic mass is 35.5. The van der Waals surface area contributed by atoms with E-state index >= 15 is 0 Å². The summed E-state index contributed by atoms with van der Waals surface area (Å²) in [5, 5.41) is 10.1. The molecule has 2 aliphatic heterocycles. The summed E-state index contributed by atoms with van der Waals surface area (Å²) < 4.78 is 5.71. The molecule has 0 aliphatic carbocycles. The summed E-state index contributed by atoms with van der Waals surface area (Å²) in [5.41, 5.74) is 2.92. The second-order valence-electron chi connectivity index (χ2n) is 14.0. The van der Waals surface area contributed by atoms with Crippen LogP contribution >= 0.6 is 24.8 Å². The topological polar surface area (TPSA) is 132 Å². The molecule has 0 saturated carbocycles. The second-order valence-corrected chi connectivity index (χ2v) is 14.0. The summed E-state index contributed by atoms with van der Waals surface area (Å²) in [6, 6.07) is 10.3. The van der Waals surface area contributed by atoms with Crippen LogP contribution in [0.3, 0.4) is 0 Å². The Balaban J connectivity index is 0.00000338. The number of carbonyl (C=O) groups excluding carboxylic acids is 3. The molecule has 3 N–H and O–H groups in total. The molecule has 14 heteroatoms. The highest BCUT2D eigenvalue weighted by molar-refractivity contribution is 5.97. The lowest BCUT2D eigenvalue weighted by Crippen LogP contribution is -2.58. The minimum absolute atomic E-state index is 0. The summed E-state index contributed by atoms with van der Waals surface area (Å²) in [4.78, 5) is 56.0. The van der Waals surface area contributed by atoms with Gasteiger partial charge in [-0.3, -0.25) is 14.4 Å². The van der Waals surface area contributed by atoms with Gasteiger partial charge in [0, 0.05) is 67.5 Å². The number of aromatic nitrogens is 2. The van der Waals surface area contributed by atoms with Gasteiger partial charge >= 0.3 is 0 Å². The second kappa shape index (κ2) is 17.5. The number of amides is 2. The zero-order chi connectivity index (χ0) is 34.6. The van der Waals surface area contributed by atoms with Crippen molar-refractivity contribution in [2.45, 2.75) is 65.1 Å². The standard InChI is InChI=1S/C36H50N8O4.2ClH/c1-23(37-5)34(46)41-32(36(2,3)4)35(47)44-14-8-9-29(44)30(45)20-24-19-27-28(21-31(24)48-7)38-22-39-33(27)40-25-10-12-26(13-11-25)43-17-15-42(6)16-18-43;;/h10-13,19,21-23,29,32,37H,8-9,14-18,20H2,1-7H3,(H,41,46)(H,38,39,40);2*1H/t23-,29-,32+;;/m0../s1. The van der Waals surface area contributed by atoms with Gasteiger partial charge < -0.3 is 35.4 Å². The number of likely N-dealkylation sites (N-methyl/N-ethyl adjacent to an activating group) is 2. The third-order valence-corrected chi connectivity index (χ3v) is 9.53. The van der Waals surface area contributed by atoms with E-state index in [1.807, 2.05) is 45.0 Å². The van der Waals surface area contributed by atoms with Gasteiger partial charge in [0.15, 0.2) is 5.78 Å². The number of hydrogen-bond acceptors (Lipinski definition) is 10. The van der Waals surface area contributed by atoms with Crippen molar-refractivity contribution >= 4 is 70.5 Å². The molecule has 1 aromatic heterocycles. The van der Waals surface area contributed by atoms with Gasteiger partial charge in [-0.2, -0.15) is 0 Å². The number of rotatable bonds is 11. The number of nitrogens with one attached hydrogen (secondary N) is 3. The molecule has 0 bridgehead atoms. The molecule has 3 aromatic rings. The number of fused-ring (bicyclic) bond motifs is 1. The van der Waals surface area contributed by atoms with Crippen LogP contribution in [-0.2, 0) is 20.8 Å². The third kappa shape index (κ3) is 9.34. The Labute approximate surface area is 307 Å². The first-order chi connectivity index (χ1) is 22.9. The average molecular weight is 732 g/mol. The molecule has 2 fully saturated rings. The van der Waals surface area contributed by atoms with Crippen molar-refractivity contribution in [1.82, 2.24) is 30.4 Å². The molecule has 274 valence electrons. The van der Waals surface area contributed by atoms with Crippen LogP contribution in [0.5, 0.6) is 5.75 Å². The predicted octanol–water partition coefficient (Wildman–Crippen LogP) is 4.22. The van der Waals surface area contributed by atoms with Gasteiger partial charge in [0.1, 0.15) is 23.9 Å². The van der Waals surface area contributed by atoms with Crippen molar-refractivity contribution in [3.8, 4) is 5.75 Å². The number of likely N-dealkylation sites (tertiary alicyclic amines) is 1. The smallest absolute Gasteiger partial charge is 0.246 e. The molecule has 0 unspecified atom stereocenters. The maximum atomic E-state index is 13.9. The van der Waals surface area contributed by atoms with E-state index in [0.29, 0.717) is 42.0 Å². The maximum absolute atomic E-state index is 13.9. The lowest BCUT2D eigenvalue weighted by Gasteiger charge is -2.36. The number of nitrogens with zero attached hydrogens (tertiary/aromatic N) is 5. The van der Waals surface area contributed by atoms with E-state index in [2.05, 4.69) is 54.9 Å². The van der Waals surface area contributed by atoms with E-state index in [9.17, 15) is 14.4 Å². The van der Waals surface area contributed by atoms with E-state index in [4.69, 9.17) is 4.74 Å². The number of carbonyl (C=O) groups is 3. The lowest BCUT2D eigenvalue weighted by atomic mass is 9.85. The monoisotopic (exact) mass is 730 g/mol. The fourth-order valence-corrected chi connectivity index (χ4v) is 6.40. The Morgan fingerprint density at radius 1 is 1.00 bits per heavy atom. The first kappa shape index (κ1) is 40.7. The summed E-state index contributed by atoms with van der Waals surface area (Å²) in [7, 11) is 5.42. The van der Waals surface area contributed by atoms with Crippen LogP contribution in [-0.4, -0.2) is 109 Å². The molecule has 5 rings (SSSR count). The van der Waals surface area contributed by atoms with Gasteiger partial charge in [0.05, 0.1) is 24.7 Å². The van der Waals surface area contributed by atoms with Crippen LogP contribution in [0.25, 0.3) is 10.9 Å². The molecular formula is C36H52Cl2N8O4. The number of benzene rings is 2. The maximum Gasteiger partial charge on any atom is 0.246 e. The molecule has 0 radical (unpaired) electrons. The van der Waals surface area contributed by atoms with Crippen molar-refractivity contribution in [2.75, 3.05) is 64.1 Å². The number of piperazine rings is 1. The Kier molecular flexibility index (Phi) is 14.2. The zero-order valence-corrected chi connectivity index (χ0v) is 31.7. The highest BCUT2D eigenvalue weighted by Gasteiger charge is 2.42. The number of ketones is 1. The van der Waals surface area contributed by atoms with Crippen molar-refractivity contribution in [3.63, 3.8) is 0 Å². The van der Waals surface area contributed by atoms with Gasteiger partial charge in [-0.1, -0.05) is 20.8 Å². The number of hydrogen-bond donors (Lipinski definition) is 3. The first-order valence-electron chi connectivity index (χ1n) is 16.8. The van der Waals surface area contributed by atoms with Crippen molar-refractivity contribution in [2.24, 2.45) is 5.41 Å². The number of ether oxygens (including phenoxy) is 1. The van der Waals surface area contributed by atoms with E-state index in [-0.39, 0.29) is 48.8 Å². The van der Waals surface area contributed by atoms with Crippen LogP contribution < -0.4 is 25.6 Å². The molecule has 3 heterocycles. The third-order valence-electron chi connectivity index (χ3n) is 9.53. The Morgan fingerprint density at radius 2 is 1.68 bits per heavy atom. The summed E-state index contributed by atoms with van der Waals surface area (Å²) >= 11 is 0. The van der Waals surface area contributed by atoms with Crippen molar-refractivity contribution < 1.29 is 19.1 Å². The van der Waals surface area contributed by atoms with E-state index in [1.54, 1.807) is 26.0 Å². The van der Waals surface area contributed by atoms with Gasteiger partial charge in [0.2, 0.25) is 11.8 Å². The van der Waals surface area contributed by atoms with Gasteiger partial charge in [-0.15, -0.1) is 24.8 Å². The van der Waals surface area contributed by atoms with E-state index in [1.165, 1.54) is 12.0 Å². The minimum atomic E-state index is -0.772. The quantitative estimate of drug-likeness (QED) is 0.264. The van der Waals surface area contributed by atoms with Gasteiger partial charge in [0.25, 0.3) is 0 Å². The molecule has 2 aliphatic rings. The minimum Gasteiger partial charge on any atom is -0.496 e. The number of halogens is 2. The van der Waals surface area contributed by atoms with E-state index < -0.39 is 23.5 Å². The lowest BCUT2D eigenvalue weighted by molar-refractivity contribution is -0.143. The molecule has 2 aromatic carbocycles. The number of methoxy groups -OCH3 is 1. The SMILES string of the molecule is CN[C@@H](C)C(=O)N[C@H](C(=O)N1CCC[C@H]1C(=O)Cc1cc2c(Nc3ccc(N4CCN(C)CC4)cc3)ncnc2cc1OC)C(C)(C)C.Cl.Cl. The van der Waals surface area contributed by atoms with Gasteiger partial charge in [-0.25, -0.2) is 9.97 Å². The number of anilines is 3. The fourth-order valence-electron chi connectivity index (χ4n) is 6.40. The van der Waals surface area contributed by atoms with E-state index in [0.717, 1.165) is 37.3 Å². The number of Topliss-reactive ketones (excluding diaryl/α,β-unsaturated/α-hetero) is 1. The zero-order valence-electron chi connectivity index (χ0n) is 30.1. The normalized spacial score (nSPS) is 17.7. The van der Waals surface area contributed by atoms with Crippen molar-refractivity contribution in [1.29, 1.82) is 0 Å². The van der Waals surface area contributed by atoms with Crippen LogP contribution in [0.15, 0.2) is 42.7 Å². The fraction of sp³-hybridized carbons (Fsp3) is 0.528. The molecule has 0 spiro atoms. The van der Waals surface area contributed by atoms with Crippen LogP contribution in [0, 0.1) is 5.41 Å². The summed E-state index contributed by atoms with van der Waals surface area (Å²) in [6.07, 6.45) is 2.87. The van der Waals surface area contributed by atoms with Crippen molar-refractivity contribution in [3.05, 3.63) is 48.3 Å². The highest BCUT2D eigenvalue weighted by Crippen LogP contribution is 2.32. The largest absolute Gasteiger partial charge is 0.496 e. The summed E-state index contributed by atoms with van der Waals surface area (Å²) in [6.45, 7) is 12.1. The Morgan fingerprint density at radius 3 is 2.30 bits per heavy atom. The van der Waals surface area contributed by atoms with Gasteiger partial charge in [-0.05, 0) is 69.6 Å². The van der Waals surface area contributed by atoms with Crippen LogP contribution in [0.2, 0.25) is 0 Å². The molecule has 2 amide bonds. The molecule has 3 atom stereocenters. The molecule has 2 saturated heterocycles. The first-order valence-corrected chi connectivity index (χ1v) is 16.8. The van der Waals surface area contributed by atoms with Crippen LogP contribution in [0.4, 0.5) is 17.2 Å².